The standard InChI is InChI=1S/C33H38F3N3O4.C25H29BrF3N3O3/c1-5-38(28-10-12-41-13-11-28)31-26(16-25(19-37-31)23-8-7-9-29(18-23)42-6-2)20-39-22(4)30(43-32(39)40)24-14-21(3)15-27(17-24)33(34,35)36;1-4-31(21-5-7-34-8-6-21)23-18(12-20(26)13-30-23)14-32-16(3)22(35-24(32)33)17-9-15(2)10-19(11-17)25(27,28)29/h7-9,14-19,22,28,30H,5-6,10-13,20H2,1-4H3;9-13,16,21-22H,4-8,14H2,1-3H3/t22-,30-;16-,22-/m00/s1. The van der Waals surface area contributed by atoms with E-state index in [4.69, 9.17) is 28.7 Å². The number of hydrogen-bond acceptors (Lipinski definition) is 11. The quantitative estimate of drug-likeness (QED) is 0.0932. The van der Waals surface area contributed by atoms with E-state index in [2.05, 4.69) is 44.6 Å². The fraction of sp³-hybridized carbons (Fsp3) is 0.483. The van der Waals surface area contributed by atoms with Crippen LogP contribution in [0.1, 0.15) is 117 Å². The molecule has 4 aliphatic heterocycles. The number of halogens is 7. The van der Waals surface area contributed by atoms with E-state index in [1.165, 1.54) is 0 Å². The fourth-order valence-electron chi connectivity index (χ4n) is 10.9. The van der Waals surface area contributed by atoms with Gasteiger partial charge < -0.3 is 33.5 Å². The lowest BCUT2D eigenvalue weighted by molar-refractivity contribution is -0.138. The molecule has 4 aliphatic rings. The SMILES string of the molecule is CCN(c1ncc(Br)cc1CN1C(=O)O[C@H](c2cc(C)cc(C(F)(F)F)c2)[C@@H]1C)C1CCOCC1.CCOc1cccc(-c2cnc(N(CC)C3CCOCC3)c(CN3C(=O)O[C@H](c4cc(C)cc(C(F)(F)F)c4)[C@@H]3C)c2)c1. The normalized spacial score (nSPS) is 20.3. The molecule has 5 aromatic rings. The van der Waals surface area contributed by atoms with E-state index in [0.717, 1.165) is 107 Å². The van der Waals surface area contributed by atoms with E-state index in [9.17, 15) is 35.9 Å². The van der Waals surface area contributed by atoms with Gasteiger partial charge in [0, 0.05) is 85.2 Å². The van der Waals surface area contributed by atoms with Crippen molar-refractivity contribution in [1.29, 1.82) is 0 Å². The number of cyclic esters (lactones) is 2. The van der Waals surface area contributed by atoms with Gasteiger partial charge in [0.25, 0.3) is 0 Å². The van der Waals surface area contributed by atoms with Crippen LogP contribution in [0.4, 0.5) is 47.6 Å². The highest BCUT2D eigenvalue weighted by atomic mass is 79.9. The molecule has 2 amide bonds. The number of ether oxygens (including phenoxy) is 5. The van der Waals surface area contributed by atoms with Crippen molar-refractivity contribution in [3.63, 3.8) is 0 Å². The predicted molar refractivity (Wildman–Crippen MR) is 287 cm³/mol. The lowest BCUT2D eigenvalue weighted by atomic mass is 9.98. The molecular formula is C58H67BrF6N6O7. The number of anilines is 2. The average Bonchev–Trinajstić information content (AvgIpc) is 3.87. The Hall–Kier alpha value is -6.12. The number of amides is 2. The molecular weight excluding hydrogens is 1090 g/mol. The minimum Gasteiger partial charge on any atom is -0.494 e. The van der Waals surface area contributed by atoms with Gasteiger partial charge in [-0.05, 0) is 155 Å². The van der Waals surface area contributed by atoms with E-state index in [1.807, 2.05) is 56.4 Å². The van der Waals surface area contributed by atoms with Crippen LogP contribution in [0.3, 0.4) is 0 Å². The van der Waals surface area contributed by atoms with Crippen LogP contribution in [-0.4, -0.2) is 102 Å². The Balaban J connectivity index is 0.000000210. The second kappa shape index (κ2) is 24.9. The monoisotopic (exact) mass is 1150 g/mol. The summed E-state index contributed by atoms with van der Waals surface area (Å²) in [4.78, 5) is 43.4. The van der Waals surface area contributed by atoms with Gasteiger partial charge in [0.05, 0.1) is 42.9 Å². The molecule has 0 aliphatic carbocycles. The molecule has 0 unspecified atom stereocenters. The van der Waals surface area contributed by atoms with Crippen molar-refractivity contribution in [3.8, 4) is 16.9 Å². The summed E-state index contributed by atoms with van der Waals surface area (Å²) in [6, 6.07) is 18.9. The van der Waals surface area contributed by atoms with Gasteiger partial charge in [-0.2, -0.15) is 26.3 Å². The highest BCUT2D eigenvalue weighted by Gasteiger charge is 2.44. The Kier molecular flexibility index (Phi) is 18.5. The second-order valence-corrected chi connectivity index (χ2v) is 21.1. The summed E-state index contributed by atoms with van der Waals surface area (Å²) >= 11 is 3.48. The van der Waals surface area contributed by atoms with Crippen LogP contribution in [0, 0.1) is 13.8 Å². The summed E-state index contributed by atoms with van der Waals surface area (Å²) < 4.78 is 110. The van der Waals surface area contributed by atoms with E-state index in [-0.39, 0.29) is 25.2 Å². The molecule has 0 spiro atoms. The summed E-state index contributed by atoms with van der Waals surface area (Å²) in [6.45, 7) is 18.1. The number of carbonyl (C=O) groups excluding carboxylic acids is 2. The highest BCUT2D eigenvalue weighted by molar-refractivity contribution is 9.10. The Morgan fingerprint density at radius 2 is 1.09 bits per heavy atom. The van der Waals surface area contributed by atoms with Gasteiger partial charge in [0.2, 0.25) is 0 Å². The molecule has 20 heteroatoms. The zero-order valence-electron chi connectivity index (χ0n) is 44.9. The molecule has 4 fully saturated rings. The summed E-state index contributed by atoms with van der Waals surface area (Å²) in [6.07, 6.45) is -4.65. The first kappa shape index (κ1) is 58.0. The van der Waals surface area contributed by atoms with E-state index in [1.54, 1.807) is 48.9 Å². The number of nitrogens with zero attached hydrogens (tertiary/aromatic N) is 6. The minimum atomic E-state index is -4.50. The van der Waals surface area contributed by atoms with Crippen molar-refractivity contribution >= 4 is 39.8 Å². The Morgan fingerprint density at radius 1 is 0.628 bits per heavy atom. The Bertz CT molecular complexity index is 2900. The molecule has 2 aromatic heterocycles. The fourth-order valence-corrected chi connectivity index (χ4v) is 11.3. The predicted octanol–water partition coefficient (Wildman–Crippen LogP) is 13.8. The topological polar surface area (TPSA) is 119 Å². The smallest absolute Gasteiger partial charge is 0.416 e. The Morgan fingerprint density at radius 3 is 1.54 bits per heavy atom. The molecule has 3 aromatic carbocycles. The second-order valence-electron chi connectivity index (χ2n) is 20.2. The van der Waals surface area contributed by atoms with Crippen molar-refractivity contribution in [3.05, 3.63) is 134 Å². The molecule has 0 bridgehead atoms. The number of pyridine rings is 2. The number of aryl methyl sites for hydroxylation is 2. The van der Waals surface area contributed by atoms with Crippen molar-refractivity contribution in [2.45, 2.75) is 136 Å². The largest absolute Gasteiger partial charge is 0.494 e. The number of carbonyl (C=O) groups is 2. The highest BCUT2D eigenvalue weighted by Crippen LogP contribution is 2.41. The number of hydrogen-bond donors (Lipinski definition) is 0. The molecule has 9 rings (SSSR count). The summed E-state index contributed by atoms with van der Waals surface area (Å²) in [7, 11) is 0. The van der Waals surface area contributed by atoms with Crippen LogP contribution in [0.25, 0.3) is 11.1 Å². The molecule has 78 heavy (non-hydrogen) atoms. The summed E-state index contributed by atoms with van der Waals surface area (Å²) in [5.41, 5.74) is 3.55. The van der Waals surface area contributed by atoms with Crippen molar-refractivity contribution in [1.82, 2.24) is 19.8 Å². The van der Waals surface area contributed by atoms with Gasteiger partial charge >= 0.3 is 24.5 Å². The maximum absolute atomic E-state index is 13.6. The molecule has 0 saturated carbocycles. The third-order valence-corrected chi connectivity index (χ3v) is 15.2. The van der Waals surface area contributed by atoms with Crippen LogP contribution in [0.15, 0.2) is 89.7 Å². The molecule has 4 atom stereocenters. The molecule has 4 saturated heterocycles. The van der Waals surface area contributed by atoms with Gasteiger partial charge in [-0.1, -0.05) is 35.4 Å². The zero-order valence-corrected chi connectivity index (χ0v) is 46.5. The lowest BCUT2D eigenvalue weighted by Gasteiger charge is -2.36. The maximum atomic E-state index is 13.6. The van der Waals surface area contributed by atoms with Crippen LogP contribution in [0.5, 0.6) is 5.75 Å². The molecule has 13 nitrogen and oxygen atoms in total. The first-order valence-electron chi connectivity index (χ1n) is 26.5. The molecule has 420 valence electrons. The van der Waals surface area contributed by atoms with E-state index >= 15 is 0 Å². The third kappa shape index (κ3) is 13.5. The van der Waals surface area contributed by atoms with Gasteiger partial charge in [0.1, 0.15) is 29.6 Å². The summed E-state index contributed by atoms with van der Waals surface area (Å²) in [5, 5.41) is 0. The van der Waals surface area contributed by atoms with E-state index in [0.29, 0.717) is 55.3 Å². The van der Waals surface area contributed by atoms with Crippen molar-refractivity contribution in [2.24, 2.45) is 0 Å². The summed E-state index contributed by atoms with van der Waals surface area (Å²) in [5.74, 6) is 2.32. The zero-order chi connectivity index (χ0) is 56.1. The maximum Gasteiger partial charge on any atom is 0.416 e. The van der Waals surface area contributed by atoms with E-state index < -0.39 is 60.0 Å². The first-order chi connectivity index (χ1) is 37.2. The van der Waals surface area contributed by atoms with Gasteiger partial charge in [-0.25, -0.2) is 19.6 Å². The lowest BCUT2D eigenvalue weighted by Crippen LogP contribution is -2.41. The minimum absolute atomic E-state index is 0.190. The van der Waals surface area contributed by atoms with Gasteiger partial charge in [0.15, 0.2) is 0 Å². The molecule has 0 N–H and O–H groups in total. The Labute approximate surface area is 460 Å². The van der Waals surface area contributed by atoms with Crippen LogP contribution < -0.4 is 14.5 Å². The van der Waals surface area contributed by atoms with Crippen LogP contribution in [0.2, 0.25) is 0 Å². The van der Waals surface area contributed by atoms with Crippen molar-refractivity contribution in [2.75, 3.05) is 55.9 Å². The average molecular weight is 1150 g/mol. The number of benzene rings is 3. The first-order valence-corrected chi connectivity index (χ1v) is 27.3. The molecule has 0 radical (unpaired) electrons. The van der Waals surface area contributed by atoms with Gasteiger partial charge in [-0.3, -0.25) is 9.80 Å². The number of aromatic nitrogens is 2. The third-order valence-electron chi connectivity index (χ3n) is 14.8. The van der Waals surface area contributed by atoms with Gasteiger partial charge in [-0.15, -0.1) is 0 Å². The van der Waals surface area contributed by atoms with Crippen LogP contribution in [-0.2, 0) is 44.4 Å². The van der Waals surface area contributed by atoms with Crippen molar-refractivity contribution < 1.29 is 59.6 Å². The number of rotatable bonds is 15. The molecule has 6 heterocycles. The number of alkyl halides is 6. The van der Waals surface area contributed by atoms with Crippen LogP contribution >= 0.6 is 15.9 Å².